The number of aliphatic carboxylic acids is 1. The fourth-order valence-corrected chi connectivity index (χ4v) is 1.26. The summed E-state index contributed by atoms with van der Waals surface area (Å²) >= 11 is 0. The Hall–Kier alpha value is -0.830. The Morgan fingerprint density at radius 2 is 1.31 bits per heavy atom. The third-order valence-electron chi connectivity index (χ3n) is 1.80. The average molecular weight is 258 g/mol. The minimum Gasteiger partial charge on any atom is -0.479 e. The largest absolute Gasteiger partial charge is 0.479 e. The maximum atomic E-state index is 10.2. The standard InChI is InChI=1S/C6H11O9P/c7-1(3(9)5(11)12)2(8)4(10)6(13)16(14)15/h1-4,6-10,13H,(H,11,12). The van der Waals surface area contributed by atoms with E-state index in [9.17, 15) is 13.9 Å². The van der Waals surface area contributed by atoms with Crippen LogP contribution >= 0.6 is 7.68 Å². The Morgan fingerprint density at radius 3 is 1.62 bits per heavy atom. The number of hydrogen-bond donors (Lipinski definition) is 6. The van der Waals surface area contributed by atoms with Crippen molar-refractivity contribution in [2.45, 2.75) is 30.3 Å². The van der Waals surface area contributed by atoms with Crippen LogP contribution in [0, 0.1) is 0 Å². The predicted molar refractivity (Wildman–Crippen MR) is 46.0 cm³/mol. The van der Waals surface area contributed by atoms with Crippen LogP contribution in [-0.4, -0.2) is 66.9 Å². The summed E-state index contributed by atoms with van der Waals surface area (Å²) < 4.78 is 20.5. The second-order valence-corrected chi connectivity index (χ2v) is 4.05. The highest BCUT2D eigenvalue weighted by atomic mass is 31.1. The van der Waals surface area contributed by atoms with Gasteiger partial charge in [0.15, 0.2) is 11.9 Å². The van der Waals surface area contributed by atoms with Crippen LogP contribution in [0.25, 0.3) is 0 Å². The molecule has 5 atom stereocenters. The molecular formula is C6H11O9P. The van der Waals surface area contributed by atoms with Gasteiger partial charge in [-0.2, -0.15) is 0 Å². The third-order valence-corrected chi connectivity index (χ3v) is 2.54. The van der Waals surface area contributed by atoms with Gasteiger partial charge in [0.05, 0.1) is 0 Å². The smallest absolute Gasteiger partial charge is 0.347 e. The van der Waals surface area contributed by atoms with E-state index in [1.807, 2.05) is 0 Å². The maximum Gasteiger partial charge on any atom is 0.347 e. The molecule has 0 heterocycles. The van der Waals surface area contributed by atoms with Gasteiger partial charge in [0.2, 0.25) is 0 Å². The zero-order valence-electron chi connectivity index (χ0n) is 7.74. The average Bonchev–Trinajstić information content (AvgIpc) is 2.23. The summed E-state index contributed by atoms with van der Waals surface area (Å²) in [4.78, 5) is 10.2. The lowest BCUT2D eigenvalue weighted by molar-refractivity contribution is -0.165. The highest BCUT2D eigenvalue weighted by Gasteiger charge is 2.38. The van der Waals surface area contributed by atoms with E-state index in [2.05, 4.69) is 0 Å². The fraction of sp³-hybridized carbons (Fsp3) is 0.833. The van der Waals surface area contributed by atoms with E-state index in [0.29, 0.717) is 0 Å². The second kappa shape index (κ2) is 6.04. The van der Waals surface area contributed by atoms with Crippen molar-refractivity contribution in [1.29, 1.82) is 0 Å². The Balaban J connectivity index is 4.66. The van der Waals surface area contributed by atoms with Crippen LogP contribution in [0.5, 0.6) is 0 Å². The van der Waals surface area contributed by atoms with Crippen LogP contribution in [-0.2, 0) is 13.9 Å². The lowest BCUT2D eigenvalue weighted by Crippen LogP contribution is -2.50. The van der Waals surface area contributed by atoms with E-state index in [1.165, 1.54) is 0 Å². The van der Waals surface area contributed by atoms with Crippen LogP contribution in [0.3, 0.4) is 0 Å². The molecule has 94 valence electrons. The lowest BCUT2D eigenvalue weighted by atomic mass is 10.0. The van der Waals surface area contributed by atoms with Crippen molar-refractivity contribution in [2.24, 2.45) is 0 Å². The van der Waals surface area contributed by atoms with Crippen LogP contribution in [0.2, 0.25) is 0 Å². The quantitative estimate of drug-likeness (QED) is 0.271. The molecule has 16 heavy (non-hydrogen) atoms. The first-order valence-electron chi connectivity index (χ1n) is 3.96. The molecule has 0 rings (SSSR count). The molecule has 9 nitrogen and oxygen atoms in total. The van der Waals surface area contributed by atoms with Crippen LogP contribution in [0.1, 0.15) is 0 Å². The second-order valence-electron chi connectivity index (χ2n) is 2.95. The van der Waals surface area contributed by atoms with Crippen molar-refractivity contribution in [3.05, 3.63) is 0 Å². The molecule has 10 heteroatoms. The first-order chi connectivity index (χ1) is 7.20. The van der Waals surface area contributed by atoms with Gasteiger partial charge in [-0.05, 0) is 0 Å². The Bertz CT molecular complexity index is 305. The lowest BCUT2D eigenvalue weighted by Gasteiger charge is -2.24. The zero-order valence-corrected chi connectivity index (χ0v) is 8.64. The van der Waals surface area contributed by atoms with Gasteiger partial charge in [-0.15, -0.1) is 0 Å². The summed E-state index contributed by atoms with van der Waals surface area (Å²) in [5.74, 6) is -4.25. The number of rotatable bonds is 6. The van der Waals surface area contributed by atoms with Gasteiger partial charge in [0.1, 0.15) is 18.3 Å². The van der Waals surface area contributed by atoms with Gasteiger partial charge in [-0.3, -0.25) is 0 Å². The van der Waals surface area contributed by atoms with E-state index in [1.54, 1.807) is 0 Å². The normalized spacial score (nSPS) is 20.6. The van der Waals surface area contributed by atoms with Crippen molar-refractivity contribution in [2.75, 3.05) is 0 Å². The number of hydrogen-bond acceptors (Lipinski definition) is 8. The Morgan fingerprint density at radius 1 is 0.875 bits per heavy atom. The molecule has 0 aromatic carbocycles. The fourth-order valence-electron chi connectivity index (χ4n) is 0.836. The minimum absolute atomic E-state index is 1.88. The van der Waals surface area contributed by atoms with Gasteiger partial charge in [0.25, 0.3) is 0 Å². The van der Waals surface area contributed by atoms with E-state index in [-0.39, 0.29) is 0 Å². The van der Waals surface area contributed by atoms with Crippen molar-refractivity contribution < 1.29 is 44.6 Å². The molecule has 0 aromatic rings. The Labute approximate surface area is 89.4 Å². The van der Waals surface area contributed by atoms with Gasteiger partial charge in [-0.25, -0.2) is 13.9 Å². The molecule has 0 aliphatic rings. The summed E-state index contributed by atoms with van der Waals surface area (Å²) in [6.07, 6.45) is -9.41. The maximum absolute atomic E-state index is 10.2. The summed E-state index contributed by atoms with van der Waals surface area (Å²) in [6, 6.07) is 0. The van der Waals surface area contributed by atoms with Crippen LogP contribution in [0.4, 0.5) is 0 Å². The van der Waals surface area contributed by atoms with Gasteiger partial charge in [0, 0.05) is 0 Å². The number of aliphatic hydroxyl groups excluding tert-OH is 5. The molecule has 0 spiro atoms. The molecule has 0 aliphatic heterocycles. The van der Waals surface area contributed by atoms with Crippen molar-refractivity contribution in [3.63, 3.8) is 0 Å². The molecular weight excluding hydrogens is 247 g/mol. The summed E-state index contributed by atoms with van der Waals surface area (Å²) in [6.45, 7) is 0. The number of carbonyl (C=O) groups is 1. The van der Waals surface area contributed by atoms with E-state index in [4.69, 9.17) is 30.6 Å². The summed E-state index contributed by atoms with van der Waals surface area (Å²) in [5.41, 5.74) is 0. The molecule has 0 saturated carbocycles. The van der Waals surface area contributed by atoms with Crippen molar-refractivity contribution >= 4 is 13.6 Å². The van der Waals surface area contributed by atoms with E-state index < -0.39 is 43.9 Å². The monoisotopic (exact) mass is 258 g/mol. The molecule has 0 amide bonds. The first kappa shape index (κ1) is 15.2. The molecule has 6 N–H and O–H groups in total. The van der Waals surface area contributed by atoms with E-state index >= 15 is 0 Å². The zero-order chi connectivity index (χ0) is 13.0. The van der Waals surface area contributed by atoms with E-state index in [0.717, 1.165) is 0 Å². The SMILES string of the molecule is O=C(O)C(O)C(O)C(O)C(O)C(O)P(=O)=O. The van der Waals surface area contributed by atoms with Gasteiger partial charge >= 0.3 is 13.6 Å². The molecule has 0 radical (unpaired) electrons. The molecule has 0 fully saturated rings. The van der Waals surface area contributed by atoms with Crippen molar-refractivity contribution in [1.82, 2.24) is 0 Å². The molecule has 0 saturated heterocycles. The van der Waals surface area contributed by atoms with Gasteiger partial charge in [-0.1, -0.05) is 0 Å². The topological polar surface area (TPSA) is 173 Å². The first-order valence-corrected chi connectivity index (χ1v) is 5.21. The minimum atomic E-state index is -3.49. The third kappa shape index (κ3) is 3.63. The predicted octanol–water partition coefficient (Wildman–Crippen LogP) is -2.99. The number of carboxylic acids is 1. The Kier molecular flexibility index (Phi) is 5.73. The highest BCUT2D eigenvalue weighted by Crippen LogP contribution is 2.19. The van der Waals surface area contributed by atoms with Crippen LogP contribution in [0.15, 0.2) is 0 Å². The number of carboxylic acid groups (broad SMARTS) is 1. The highest BCUT2D eigenvalue weighted by molar-refractivity contribution is 7.31. The molecule has 0 bridgehead atoms. The number of aliphatic hydroxyl groups is 5. The summed E-state index contributed by atoms with van der Waals surface area (Å²) in [7, 11) is -3.49. The van der Waals surface area contributed by atoms with Gasteiger partial charge < -0.3 is 30.6 Å². The van der Waals surface area contributed by atoms with Crippen LogP contribution < -0.4 is 0 Å². The molecule has 0 aromatic heterocycles. The molecule has 0 aliphatic carbocycles. The molecule has 5 unspecified atom stereocenters. The van der Waals surface area contributed by atoms with Crippen molar-refractivity contribution in [3.8, 4) is 0 Å². The summed E-state index contributed by atoms with van der Waals surface area (Å²) in [5, 5.41) is 52.9.